The summed E-state index contributed by atoms with van der Waals surface area (Å²) in [6.07, 6.45) is 2.05. The molecule has 19 heavy (non-hydrogen) atoms. The number of nitrogens with one attached hydrogen (secondary N) is 1. The number of hydrogen-bond acceptors (Lipinski definition) is 5. The molecule has 0 radical (unpaired) electrons. The van der Waals surface area contributed by atoms with Crippen LogP contribution in [0, 0.1) is 13.8 Å². The monoisotopic (exact) mass is 277 g/mol. The van der Waals surface area contributed by atoms with Crippen molar-refractivity contribution >= 4 is 27.4 Å². The van der Waals surface area contributed by atoms with Gasteiger partial charge in [0.1, 0.15) is 16.5 Å². The second kappa shape index (κ2) is 5.06. The van der Waals surface area contributed by atoms with Gasteiger partial charge in [-0.25, -0.2) is 9.97 Å². The molecule has 2 aromatic rings. The van der Waals surface area contributed by atoms with Gasteiger partial charge >= 0.3 is 0 Å². The molecule has 1 aliphatic rings. The lowest BCUT2D eigenvalue weighted by molar-refractivity contribution is 0.0837. The molecule has 5 heteroatoms. The smallest absolute Gasteiger partial charge is 0.138 e. The van der Waals surface area contributed by atoms with E-state index < -0.39 is 0 Å². The van der Waals surface area contributed by atoms with Gasteiger partial charge in [0.2, 0.25) is 0 Å². The molecular weight excluding hydrogens is 258 g/mol. The van der Waals surface area contributed by atoms with E-state index in [1.54, 1.807) is 11.3 Å². The fourth-order valence-corrected chi connectivity index (χ4v) is 3.62. The Bertz CT molecular complexity index is 602. The van der Waals surface area contributed by atoms with E-state index in [0.717, 1.165) is 42.5 Å². The van der Waals surface area contributed by atoms with Crippen LogP contribution in [0.4, 0.5) is 5.82 Å². The minimum atomic E-state index is 0.438. The molecule has 3 rings (SSSR count). The predicted octanol–water partition coefficient (Wildman–Crippen LogP) is 3.24. The van der Waals surface area contributed by atoms with Gasteiger partial charge in [-0.05, 0) is 32.3 Å². The number of nitrogens with zero attached hydrogens (tertiary/aromatic N) is 2. The van der Waals surface area contributed by atoms with Crippen molar-refractivity contribution < 1.29 is 4.74 Å². The summed E-state index contributed by atoms with van der Waals surface area (Å²) in [5.74, 6) is 2.38. The molecule has 0 unspecified atom stereocenters. The molecular formula is C14H19N3OS. The summed E-state index contributed by atoms with van der Waals surface area (Å²) in [5.41, 5.74) is 1.29. The zero-order valence-corrected chi connectivity index (χ0v) is 12.4. The van der Waals surface area contributed by atoms with Crippen LogP contribution in [-0.4, -0.2) is 30.2 Å². The van der Waals surface area contributed by atoms with Gasteiger partial charge in [-0.1, -0.05) is 0 Å². The average Bonchev–Trinajstić information content (AvgIpc) is 2.74. The number of anilines is 1. The number of ether oxygens (including phenoxy) is 1. The normalized spacial score (nSPS) is 17.0. The molecule has 0 amide bonds. The van der Waals surface area contributed by atoms with Crippen molar-refractivity contribution in [2.75, 3.05) is 25.6 Å². The van der Waals surface area contributed by atoms with Crippen LogP contribution < -0.4 is 5.32 Å². The van der Waals surface area contributed by atoms with Crippen LogP contribution in [0.2, 0.25) is 0 Å². The molecule has 0 saturated carbocycles. The van der Waals surface area contributed by atoms with Crippen LogP contribution in [0.3, 0.4) is 0 Å². The highest BCUT2D eigenvalue weighted by molar-refractivity contribution is 7.18. The van der Waals surface area contributed by atoms with Gasteiger partial charge in [0.05, 0.1) is 5.39 Å². The van der Waals surface area contributed by atoms with Crippen LogP contribution >= 0.6 is 11.3 Å². The minimum Gasteiger partial charge on any atom is -0.381 e. The SMILES string of the molecule is CNc1nc(C2CCOCC2)nc2sc(C)c(C)c12. The summed E-state index contributed by atoms with van der Waals surface area (Å²) < 4.78 is 5.42. The summed E-state index contributed by atoms with van der Waals surface area (Å²) in [6, 6.07) is 0. The fourth-order valence-electron chi connectivity index (χ4n) is 2.59. The third-order valence-corrected chi connectivity index (χ3v) is 4.97. The zero-order chi connectivity index (χ0) is 13.4. The Kier molecular flexibility index (Phi) is 3.41. The quantitative estimate of drug-likeness (QED) is 0.915. The fraction of sp³-hybridized carbons (Fsp3) is 0.571. The van der Waals surface area contributed by atoms with Crippen LogP contribution in [0.5, 0.6) is 0 Å². The van der Waals surface area contributed by atoms with Crippen molar-refractivity contribution in [3.8, 4) is 0 Å². The Hall–Kier alpha value is -1.20. The Labute approximate surface area is 117 Å². The molecule has 3 heterocycles. The van der Waals surface area contributed by atoms with Gasteiger partial charge in [0, 0.05) is 31.1 Å². The Morgan fingerprint density at radius 2 is 1.95 bits per heavy atom. The number of thiophene rings is 1. The number of rotatable bonds is 2. The maximum Gasteiger partial charge on any atom is 0.138 e. The van der Waals surface area contributed by atoms with Gasteiger partial charge in [-0.15, -0.1) is 11.3 Å². The minimum absolute atomic E-state index is 0.438. The maximum atomic E-state index is 5.42. The molecule has 0 atom stereocenters. The van der Waals surface area contributed by atoms with Gasteiger partial charge in [0.25, 0.3) is 0 Å². The first-order valence-electron chi connectivity index (χ1n) is 6.74. The topological polar surface area (TPSA) is 47.0 Å². The van der Waals surface area contributed by atoms with E-state index in [0.29, 0.717) is 5.92 Å². The van der Waals surface area contributed by atoms with Crippen molar-refractivity contribution in [2.45, 2.75) is 32.6 Å². The third kappa shape index (κ3) is 2.21. The van der Waals surface area contributed by atoms with Crippen LogP contribution in [0.15, 0.2) is 0 Å². The van der Waals surface area contributed by atoms with Gasteiger partial charge < -0.3 is 10.1 Å². The van der Waals surface area contributed by atoms with E-state index in [1.807, 2.05) is 7.05 Å². The van der Waals surface area contributed by atoms with E-state index in [4.69, 9.17) is 14.7 Å². The first kappa shape index (κ1) is 12.8. The van der Waals surface area contributed by atoms with E-state index in [9.17, 15) is 0 Å². The van der Waals surface area contributed by atoms with Crippen molar-refractivity contribution in [1.29, 1.82) is 0 Å². The number of aromatic nitrogens is 2. The predicted molar refractivity (Wildman–Crippen MR) is 79.2 cm³/mol. The number of hydrogen-bond donors (Lipinski definition) is 1. The summed E-state index contributed by atoms with van der Waals surface area (Å²) in [7, 11) is 1.93. The van der Waals surface area contributed by atoms with Crippen molar-refractivity contribution in [3.05, 3.63) is 16.3 Å². The van der Waals surface area contributed by atoms with E-state index in [1.165, 1.54) is 15.8 Å². The molecule has 0 aliphatic carbocycles. The molecule has 2 aromatic heterocycles. The zero-order valence-electron chi connectivity index (χ0n) is 11.6. The van der Waals surface area contributed by atoms with E-state index in [-0.39, 0.29) is 0 Å². The first-order chi connectivity index (χ1) is 9.20. The molecule has 102 valence electrons. The van der Waals surface area contributed by atoms with Crippen molar-refractivity contribution in [3.63, 3.8) is 0 Å². The molecule has 1 fully saturated rings. The number of fused-ring (bicyclic) bond motifs is 1. The Morgan fingerprint density at radius 1 is 1.21 bits per heavy atom. The summed E-state index contributed by atoms with van der Waals surface area (Å²) in [5, 5.41) is 4.41. The highest BCUT2D eigenvalue weighted by Gasteiger charge is 2.21. The summed E-state index contributed by atoms with van der Waals surface area (Å²) >= 11 is 1.76. The van der Waals surface area contributed by atoms with Gasteiger partial charge in [-0.2, -0.15) is 0 Å². The second-order valence-electron chi connectivity index (χ2n) is 5.03. The standard InChI is InChI=1S/C14H19N3OS/c1-8-9(2)19-14-11(8)13(15-3)16-12(17-14)10-4-6-18-7-5-10/h10H,4-7H2,1-3H3,(H,15,16,17). The Morgan fingerprint density at radius 3 is 2.63 bits per heavy atom. The highest BCUT2D eigenvalue weighted by Crippen LogP contribution is 2.35. The van der Waals surface area contributed by atoms with E-state index in [2.05, 4.69) is 19.2 Å². The lowest BCUT2D eigenvalue weighted by Gasteiger charge is -2.21. The second-order valence-corrected chi connectivity index (χ2v) is 6.23. The molecule has 0 bridgehead atoms. The first-order valence-corrected chi connectivity index (χ1v) is 7.55. The van der Waals surface area contributed by atoms with Crippen LogP contribution in [-0.2, 0) is 4.74 Å². The molecule has 1 aliphatic heterocycles. The lowest BCUT2D eigenvalue weighted by atomic mass is 9.99. The summed E-state index contributed by atoms with van der Waals surface area (Å²) in [4.78, 5) is 12.0. The molecule has 4 nitrogen and oxygen atoms in total. The summed E-state index contributed by atoms with van der Waals surface area (Å²) in [6.45, 7) is 5.94. The lowest BCUT2D eigenvalue weighted by Crippen LogP contribution is -2.16. The molecule has 1 N–H and O–H groups in total. The molecule has 0 spiro atoms. The highest BCUT2D eigenvalue weighted by atomic mass is 32.1. The van der Waals surface area contributed by atoms with E-state index >= 15 is 0 Å². The van der Waals surface area contributed by atoms with Crippen LogP contribution in [0.1, 0.15) is 35.0 Å². The maximum absolute atomic E-state index is 5.42. The van der Waals surface area contributed by atoms with Crippen molar-refractivity contribution in [1.82, 2.24) is 9.97 Å². The van der Waals surface area contributed by atoms with Crippen LogP contribution in [0.25, 0.3) is 10.2 Å². The third-order valence-electron chi connectivity index (χ3n) is 3.87. The largest absolute Gasteiger partial charge is 0.381 e. The molecule has 1 saturated heterocycles. The van der Waals surface area contributed by atoms with Crippen molar-refractivity contribution in [2.24, 2.45) is 0 Å². The average molecular weight is 277 g/mol. The van der Waals surface area contributed by atoms with Gasteiger partial charge in [0.15, 0.2) is 0 Å². The molecule has 0 aromatic carbocycles. The number of aryl methyl sites for hydroxylation is 2. The Balaban J connectivity index is 2.11. The van der Waals surface area contributed by atoms with Gasteiger partial charge in [-0.3, -0.25) is 0 Å².